The van der Waals surface area contributed by atoms with Crippen molar-refractivity contribution in [2.75, 3.05) is 39.8 Å². The minimum atomic E-state index is -0.308. The van der Waals surface area contributed by atoms with Crippen molar-refractivity contribution in [2.45, 2.75) is 0 Å². The van der Waals surface area contributed by atoms with E-state index in [0.717, 1.165) is 26.2 Å². The number of carbonyl (C=O) groups is 1. The van der Waals surface area contributed by atoms with Crippen LogP contribution in [-0.2, 0) is 0 Å². The Morgan fingerprint density at radius 2 is 2.23 bits per heavy atom. The number of rotatable bonds is 4. The van der Waals surface area contributed by atoms with E-state index in [1.807, 2.05) is 7.05 Å². The molecule has 1 rings (SSSR count). The fourth-order valence-corrected chi connectivity index (χ4v) is 1.62. The lowest BCUT2D eigenvalue weighted by Gasteiger charge is -2.39. The predicted octanol–water partition coefficient (Wildman–Crippen LogP) is -1.11. The Labute approximate surface area is 78.6 Å². The van der Waals surface area contributed by atoms with E-state index in [0.29, 0.717) is 12.5 Å². The maximum Gasteiger partial charge on any atom is 0.314 e. The van der Waals surface area contributed by atoms with E-state index >= 15 is 0 Å². The molecule has 0 unspecified atom stereocenters. The van der Waals surface area contributed by atoms with Gasteiger partial charge in [0.25, 0.3) is 0 Å². The van der Waals surface area contributed by atoms with Crippen LogP contribution in [0.4, 0.5) is 4.79 Å². The Hall–Kier alpha value is -0.810. The molecular formula is C8H18N4O. The van der Waals surface area contributed by atoms with Gasteiger partial charge in [-0.3, -0.25) is 0 Å². The van der Waals surface area contributed by atoms with E-state index in [4.69, 9.17) is 11.5 Å². The first-order chi connectivity index (χ1) is 6.13. The van der Waals surface area contributed by atoms with Gasteiger partial charge >= 0.3 is 6.03 Å². The number of nitrogens with zero attached hydrogens (tertiary/aromatic N) is 2. The topological polar surface area (TPSA) is 75.6 Å². The number of nitrogens with two attached hydrogens (primary N) is 2. The van der Waals surface area contributed by atoms with Gasteiger partial charge < -0.3 is 21.3 Å². The van der Waals surface area contributed by atoms with Crippen molar-refractivity contribution >= 4 is 6.03 Å². The van der Waals surface area contributed by atoms with Gasteiger partial charge in [0.05, 0.1) is 0 Å². The molecule has 13 heavy (non-hydrogen) atoms. The summed E-state index contributed by atoms with van der Waals surface area (Å²) in [4.78, 5) is 14.5. The van der Waals surface area contributed by atoms with Crippen molar-refractivity contribution in [1.29, 1.82) is 0 Å². The van der Waals surface area contributed by atoms with Gasteiger partial charge in [0, 0.05) is 38.6 Å². The molecule has 0 radical (unpaired) electrons. The molecule has 0 bridgehead atoms. The molecule has 2 amide bonds. The van der Waals surface area contributed by atoms with Crippen molar-refractivity contribution in [3.05, 3.63) is 0 Å². The molecule has 1 aliphatic rings. The van der Waals surface area contributed by atoms with Crippen molar-refractivity contribution in [1.82, 2.24) is 9.80 Å². The lowest BCUT2D eigenvalue weighted by molar-refractivity contribution is 0.103. The summed E-state index contributed by atoms with van der Waals surface area (Å²) >= 11 is 0. The molecule has 0 spiro atoms. The summed E-state index contributed by atoms with van der Waals surface area (Å²) in [7, 11) is 2.04. The average molecular weight is 186 g/mol. The van der Waals surface area contributed by atoms with Gasteiger partial charge in [-0.05, 0) is 7.05 Å². The van der Waals surface area contributed by atoms with Crippen LogP contribution in [0.5, 0.6) is 0 Å². The number of hydrogen-bond acceptors (Lipinski definition) is 3. The summed E-state index contributed by atoms with van der Waals surface area (Å²) in [5, 5.41) is 0. The first kappa shape index (κ1) is 10.3. The van der Waals surface area contributed by atoms with Gasteiger partial charge in [-0.2, -0.15) is 0 Å². The molecule has 5 nitrogen and oxygen atoms in total. The number of hydrogen-bond donors (Lipinski definition) is 2. The Balaban J connectivity index is 2.10. The minimum absolute atomic E-state index is 0.308. The van der Waals surface area contributed by atoms with Crippen LogP contribution in [0.25, 0.3) is 0 Å². The molecule has 1 saturated heterocycles. The summed E-state index contributed by atoms with van der Waals surface area (Å²) in [6.07, 6.45) is 0. The van der Waals surface area contributed by atoms with Crippen LogP contribution in [-0.4, -0.2) is 55.6 Å². The lowest BCUT2D eigenvalue weighted by atomic mass is 10.0. The largest absolute Gasteiger partial charge is 0.351 e. The molecule has 1 fully saturated rings. The number of amides is 2. The van der Waals surface area contributed by atoms with Crippen molar-refractivity contribution in [3.63, 3.8) is 0 Å². The molecule has 0 aromatic heterocycles. The average Bonchev–Trinajstić information content (AvgIpc) is 1.95. The maximum atomic E-state index is 10.7. The van der Waals surface area contributed by atoms with Gasteiger partial charge in [-0.15, -0.1) is 0 Å². The number of urea groups is 1. The first-order valence-corrected chi connectivity index (χ1v) is 4.56. The Kier molecular flexibility index (Phi) is 3.50. The fraction of sp³-hybridized carbons (Fsp3) is 0.875. The van der Waals surface area contributed by atoms with Crippen LogP contribution in [0.15, 0.2) is 0 Å². The van der Waals surface area contributed by atoms with Crippen molar-refractivity contribution < 1.29 is 4.79 Å². The highest BCUT2D eigenvalue weighted by Crippen LogP contribution is 2.15. The minimum Gasteiger partial charge on any atom is -0.351 e. The van der Waals surface area contributed by atoms with Crippen LogP contribution in [0, 0.1) is 5.92 Å². The van der Waals surface area contributed by atoms with Gasteiger partial charge in [0.15, 0.2) is 0 Å². The summed E-state index contributed by atoms with van der Waals surface area (Å²) in [6.45, 7) is 4.19. The number of primary amides is 1. The quantitative estimate of drug-likeness (QED) is 0.584. The second kappa shape index (κ2) is 4.43. The highest BCUT2D eigenvalue weighted by molar-refractivity contribution is 5.72. The summed E-state index contributed by atoms with van der Waals surface area (Å²) in [5.74, 6) is 0.573. The zero-order valence-corrected chi connectivity index (χ0v) is 8.07. The first-order valence-electron chi connectivity index (χ1n) is 4.56. The molecule has 0 aliphatic carbocycles. The van der Waals surface area contributed by atoms with Gasteiger partial charge in [-0.1, -0.05) is 0 Å². The Morgan fingerprint density at radius 3 is 2.69 bits per heavy atom. The third-order valence-corrected chi connectivity index (χ3v) is 2.35. The van der Waals surface area contributed by atoms with E-state index < -0.39 is 0 Å². The maximum absolute atomic E-state index is 10.7. The molecule has 1 aliphatic heterocycles. The third-order valence-electron chi connectivity index (χ3n) is 2.35. The van der Waals surface area contributed by atoms with Crippen LogP contribution in [0.3, 0.4) is 0 Å². The van der Waals surface area contributed by atoms with Crippen LogP contribution in [0.2, 0.25) is 0 Å². The van der Waals surface area contributed by atoms with Crippen molar-refractivity contribution in [2.24, 2.45) is 17.4 Å². The van der Waals surface area contributed by atoms with Crippen LogP contribution in [0.1, 0.15) is 0 Å². The van der Waals surface area contributed by atoms with Gasteiger partial charge in [-0.25, -0.2) is 4.79 Å². The SMILES string of the molecule is CN(CCN)CC1CN(C(N)=O)C1. The molecule has 0 aromatic carbocycles. The molecule has 1 heterocycles. The fourth-order valence-electron chi connectivity index (χ4n) is 1.62. The van der Waals surface area contributed by atoms with E-state index in [2.05, 4.69) is 4.90 Å². The van der Waals surface area contributed by atoms with Crippen molar-refractivity contribution in [3.8, 4) is 0 Å². The molecule has 76 valence electrons. The zero-order valence-electron chi connectivity index (χ0n) is 8.07. The predicted molar refractivity (Wildman–Crippen MR) is 51.2 cm³/mol. The molecule has 0 saturated carbocycles. The Bertz CT molecular complexity index is 179. The molecule has 0 aromatic rings. The lowest BCUT2D eigenvalue weighted by Crippen LogP contribution is -2.55. The number of likely N-dealkylation sites (N-methyl/N-ethyl adjacent to an activating group) is 1. The molecular weight excluding hydrogens is 168 g/mol. The summed E-state index contributed by atoms with van der Waals surface area (Å²) < 4.78 is 0. The number of carbonyl (C=O) groups excluding carboxylic acids is 1. The monoisotopic (exact) mass is 186 g/mol. The Morgan fingerprint density at radius 1 is 1.62 bits per heavy atom. The van der Waals surface area contributed by atoms with E-state index in [9.17, 15) is 4.79 Å². The second-order valence-corrected chi connectivity index (χ2v) is 3.66. The van der Waals surface area contributed by atoms with Gasteiger partial charge in [0.2, 0.25) is 0 Å². The van der Waals surface area contributed by atoms with Crippen LogP contribution >= 0.6 is 0 Å². The van der Waals surface area contributed by atoms with E-state index in [-0.39, 0.29) is 6.03 Å². The van der Waals surface area contributed by atoms with E-state index in [1.165, 1.54) is 0 Å². The normalized spacial score (nSPS) is 17.6. The third kappa shape index (κ3) is 2.86. The summed E-state index contributed by atoms with van der Waals surface area (Å²) in [6, 6.07) is -0.308. The highest BCUT2D eigenvalue weighted by Gasteiger charge is 2.29. The van der Waals surface area contributed by atoms with Crippen LogP contribution < -0.4 is 11.5 Å². The standard InChI is InChI=1S/C8H18N4O/c1-11(3-2-9)4-7-5-12(6-7)8(10)13/h7H,2-6,9H2,1H3,(H2,10,13). The smallest absolute Gasteiger partial charge is 0.314 e. The molecule has 0 atom stereocenters. The molecule has 5 heteroatoms. The highest BCUT2D eigenvalue weighted by atomic mass is 16.2. The summed E-state index contributed by atoms with van der Waals surface area (Å²) in [5.41, 5.74) is 10.5. The van der Waals surface area contributed by atoms with E-state index in [1.54, 1.807) is 4.90 Å². The second-order valence-electron chi connectivity index (χ2n) is 3.66. The molecule has 4 N–H and O–H groups in total. The number of likely N-dealkylation sites (tertiary alicyclic amines) is 1. The zero-order chi connectivity index (χ0) is 9.84. The van der Waals surface area contributed by atoms with Gasteiger partial charge in [0.1, 0.15) is 0 Å².